The molecule has 0 aromatic heterocycles. The summed E-state index contributed by atoms with van der Waals surface area (Å²) in [6.45, 7) is 2.56. The van der Waals surface area contributed by atoms with Gasteiger partial charge >= 0.3 is 6.03 Å². The molecule has 5 N–H and O–H groups in total. The number of aliphatic hydroxyl groups is 2. The van der Waals surface area contributed by atoms with Gasteiger partial charge in [-0.1, -0.05) is 31.0 Å². The molecule has 9 nitrogen and oxygen atoms in total. The van der Waals surface area contributed by atoms with Gasteiger partial charge in [-0.25, -0.2) is 9.69 Å². The van der Waals surface area contributed by atoms with Gasteiger partial charge in [0.25, 0.3) is 5.91 Å². The van der Waals surface area contributed by atoms with Gasteiger partial charge in [0.1, 0.15) is 5.75 Å². The molecule has 0 radical (unpaired) electrons. The lowest BCUT2D eigenvalue weighted by Crippen LogP contribution is -2.30. The number of benzene rings is 2. The van der Waals surface area contributed by atoms with Crippen molar-refractivity contribution in [2.24, 2.45) is 0 Å². The number of aryl methyl sites for hydroxylation is 1. The molecule has 202 valence electrons. The minimum Gasteiger partial charge on any atom is -0.508 e. The molecule has 9 heteroatoms. The van der Waals surface area contributed by atoms with E-state index < -0.39 is 6.10 Å². The highest BCUT2D eigenvalue weighted by molar-refractivity contribution is 6.19. The lowest BCUT2D eigenvalue weighted by atomic mass is 10.1. The van der Waals surface area contributed by atoms with Crippen molar-refractivity contribution in [3.05, 3.63) is 59.2 Å². The van der Waals surface area contributed by atoms with Crippen LogP contribution in [0.1, 0.15) is 61.3 Å². The van der Waals surface area contributed by atoms with Crippen LogP contribution in [-0.2, 0) is 22.6 Å². The van der Waals surface area contributed by atoms with Gasteiger partial charge in [0.15, 0.2) is 0 Å². The van der Waals surface area contributed by atoms with Crippen molar-refractivity contribution in [2.45, 2.75) is 57.7 Å². The van der Waals surface area contributed by atoms with Gasteiger partial charge in [0.2, 0.25) is 0 Å². The molecule has 0 aliphatic carbocycles. The number of unbranched alkanes of at least 4 members (excludes halogenated alkanes) is 4. The largest absolute Gasteiger partial charge is 0.508 e. The standard InChI is InChI=1S/C28H39N3O6/c32-20-23-17-22(10-13-25(23)33)26(34)18-29-14-4-1-2-5-15-37-16-6-3-7-21-8-11-24(12-9-21)31-27(35)19-30-28(31)36/h8-13,17,26,29,32-34H,1-7,14-16,18-20H2,(H,30,36)/t26-/m0/s1. The Balaban J connectivity index is 1.14. The number of hydrogen-bond acceptors (Lipinski definition) is 7. The highest BCUT2D eigenvalue weighted by atomic mass is 16.5. The summed E-state index contributed by atoms with van der Waals surface area (Å²) in [5, 5.41) is 34.9. The number of ether oxygens (including phenoxy) is 1. The molecule has 37 heavy (non-hydrogen) atoms. The first-order valence-electron chi connectivity index (χ1n) is 13.1. The number of nitrogens with zero attached hydrogens (tertiary/aromatic N) is 1. The average molecular weight is 514 g/mol. The monoisotopic (exact) mass is 513 g/mol. The molecule has 3 rings (SSSR count). The van der Waals surface area contributed by atoms with Crippen molar-refractivity contribution in [1.82, 2.24) is 10.6 Å². The molecule has 2 aromatic rings. The Morgan fingerprint density at radius 3 is 2.41 bits per heavy atom. The van der Waals surface area contributed by atoms with E-state index in [2.05, 4.69) is 10.6 Å². The number of phenols is 1. The van der Waals surface area contributed by atoms with E-state index in [-0.39, 0.29) is 30.8 Å². The molecule has 0 saturated carbocycles. The average Bonchev–Trinajstić information content (AvgIpc) is 3.24. The number of aliphatic hydroxyl groups excluding tert-OH is 2. The highest BCUT2D eigenvalue weighted by Gasteiger charge is 2.29. The highest BCUT2D eigenvalue weighted by Crippen LogP contribution is 2.22. The summed E-state index contributed by atoms with van der Waals surface area (Å²) in [7, 11) is 0. The lowest BCUT2D eigenvalue weighted by molar-refractivity contribution is -0.115. The van der Waals surface area contributed by atoms with E-state index in [4.69, 9.17) is 4.74 Å². The minimum atomic E-state index is -0.678. The first-order chi connectivity index (χ1) is 18.0. The first-order valence-corrected chi connectivity index (χ1v) is 13.1. The Kier molecular flexibility index (Phi) is 11.8. The smallest absolute Gasteiger partial charge is 0.329 e. The molecular formula is C28H39N3O6. The Morgan fingerprint density at radius 2 is 1.70 bits per heavy atom. The van der Waals surface area contributed by atoms with Crippen molar-refractivity contribution in [1.29, 1.82) is 0 Å². The molecule has 2 aromatic carbocycles. The van der Waals surface area contributed by atoms with E-state index >= 15 is 0 Å². The molecular weight excluding hydrogens is 474 g/mol. The fraction of sp³-hybridized carbons (Fsp3) is 0.500. The molecule has 1 saturated heterocycles. The maximum Gasteiger partial charge on any atom is 0.329 e. The molecule has 1 atom stereocenters. The molecule has 0 bridgehead atoms. The summed E-state index contributed by atoms with van der Waals surface area (Å²) in [4.78, 5) is 24.7. The van der Waals surface area contributed by atoms with Crippen LogP contribution in [0.2, 0.25) is 0 Å². The van der Waals surface area contributed by atoms with Crippen molar-refractivity contribution in [3.8, 4) is 5.75 Å². The summed E-state index contributed by atoms with van der Waals surface area (Å²) in [5.41, 5.74) is 2.87. The van der Waals surface area contributed by atoms with E-state index in [9.17, 15) is 24.9 Å². The Morgan fingerprint density at radius 1 is 0.973 bits per heavy atom. The molecule has 1 heterocycles. The number of amides is 3. The number of carbonyl (C=O) groups excluding carboxylic acids is 2. The number of nitrogens with one attached hydrogen (secondary N) is 2. The number of rotatable bonds is 17. The van der Waals surface area contributed by atoms with Gasteiger partial charge in [-0.15, -0.1) is 0 Å². The first kappa shape index (κ1) is 28.6. The number of anilines is 1. The lowest BCUT2D eigenvalue weighted by Gasteiger charge is -2.14. The zero-order valence-electron chi connectivity index (χ0n) is 21.3. The molecule has 3 amide bonds. The summed E-state index contributed by atoms with van der Waals surface area (Å²) in [5.74, 6) is -0.195. The van der Waals surface area contributed by atoms with Crippen LogP contribution in [0.4, 0.5) is 10.5 Å². The van der Waals surface area contributed by atoms with Gasteiger partial charge in [0.05, 0.1) is 24.9 Å². The Labute approximate surface area is 218 Å². The van der Waals surface area contributed by atoms with E-state index in [0.29, 0.717) is 23.4 Å². The Bertz CT molecular complexity index is 982. The number of urea groups is 1. The summed E-state index contributed by atoms with van der Waals surface area (Å²) in [6.07, 6.45) is 6.52. The van der Waals surface area contributed by atoms with Crippen LogP contribution in [0.15, 0.2) is 42.5 Å². The zero-order valence-corrected chi connectivity index (χ0v) is 21.3. The van der Waals surface area contributed by atoms with Crippen molar-refractivity contribution in [3.63, 3.8) is 0 Å². The van der Waals surface area contributed by atoms with E-state index in [1.165, 1.54) is 16.5 Å². The second kappa shape index (κ2) is 15.3. The van der Waals surface area contributed by atoms with E-state index in [0.717, 1.165) is 64.7 Å². The quantitative estimate of drug-likeness (QED) is 0.162. The van der Waals surface area contributed by atoms with Gasteiger partial charge in [-0.2, -0.15) is 0 Å². The molecule has 1 fully saturated rings. The van der Waals surface area contributed by atoms with Crippen LogP contribution in [0.25, 0.3) is 0 Å². The second-order valence-electron chi connectivity index (χ2n) is 9.30. The van der Waals surface area contributed by atoms with Crippen molar-refractivity contribution in [2.75, 3.05) is 37.7 Å². The molecule has 1 aliphatic rings. The van der Waals surface area contributed by atoms with Gasteiger partial charge in [-0.3, -0.25) is 4.79 Å². The van der Waals surface area contributed by atoms with Crippen LogP contribution >= 0.6 is 0 Å². The predicted octanol–water partition coefficient (Wildman–Crippen LogP) is 3.16. The van der Waals surface area contributed by atoms with Crippen LogP contribution in [0.3, 0.4) is 0 Å². The van der Waals surface area contributed by atoms with E-state index in [1.54, 1.807) is 12.1 Å². The maximum atomic E-state index is 11.8. The number of imide groups is 1. The second-order valence-corrected chi connectivity index (χ2v) is 9.30. The van der Waals surface area contributed by atoms with Crippen molar-refractivity contribution >= 4 is 17.6 Å². The van der Waals surface area contributed by atoms with Gasteiger partial charge in [0, 0.05) is 25.3 Å². The minimum absolute atomic E-state index is 0.0352. The third kappa shape index (κ3) is 9.12. The molecule has 0 unspecified atom stereocenters. The third-order valence-electron chi connectivity index (χ3n) is 6.43. The number of aromatic hydroxyl groups is 1. The van der Waals surface area contributed by atoms with Crippen molar-refractivity contribution < 1.29 is 29.6 Å². The summed E-state index contributed by atoms with van der Waals surface area (Å²) < 4.78 is 5.74. The molecule has 0 spiro atoms. The zero-order chi connectivity index (χ0) is 26.5. The number of carbonyl (C=O) groups is 2. The van der Waals surface area contributed by atoms with Crippen LogP contribution in [-0.4, -0.2) is 60.1 Å². The summed E-state index contributed by atoms with van der Waals surface area (Å²) in [6, 6.07) is 12.0. The van der Waals surface area contributed by atoms with E-state index in [1.807, 2.05) is 24.3 Å². The van der Waals surface area contributed by atoms with Gasteiger partial charge in [-0.05, 0) is 74.0 Å². The maximum absolute atomic E-state index is 11.8. The fourth-order valence-electron chi connectivity index (χ4n) is 4.23. The van der Waals surface area contributed by atoms with Crippen LogP contribution < -0.4 is 15.5 Å². The number of hydrogen-bond donors (Lipinski definition) is 5. The Hall–Kier alpha value is -2.98. The van der Waals surface area contributed by atoms with Crippen LogP contribution in [0.5, 0.6) is 5.75 Å². The van der Waals surface area contributed by atoms with Crippen LogP contribution in [0, 0.1) is 0 Å². The third-order valence-corrected chi connectivity index (χ3v) is 6.43. The fourth-order valence-corrected chi connectivity index (χ4v) is 4.23. The SMILES string of the molecule is O=C1CNC(=O)N1c1ccc(CCCCOCCCCCCNC[C@H](O)c2ccc(O)c(CO)c2)cc1. The predicted molar refractivity (Wildman–Crippen MR) is 141 cm³/mol. The summed E-state index contributed by atoms with van der Waals surface area (Å²) >= 11 is 0. The topological polar surface area (TPSA) is 131 Å². The molecule has 1 aliphatic heterocycles. The van der Waals surface area contributed by atoms with Gasteiger partial charge < -0.3 is 30.7 Å². The normalized spacial score (nSPS) is 14.3.